The Balaban J connectivity index is 1.83. The van der Waals surface area contributed by atoms with Gasteiger partial charge in [0.05, 0.1) is 18.0 Å². The first-order valence-corrected chi connectivity index (χ1v) is 6.75. The smallest absolute Gasteiger partial charge is 0.133 e. The fourth-order valence-electron chi connectivity index (χ4n) is 2.32. The highest BCUT2D eigenvalue weighted by Gasteiger charge is 2.20. The fourth-order valence-corrected chi connectivity index (χ4v) is 2.32. The Labute approximate surface area is 109 Å². The Morgan fingerprint density at radius 1 is 1.50 bits per heavy atom. The molecule has 1 aromatic rings. The summed E-state index contributed by atoms with van der Waals surface area (Å²) in [5, 5.41) is 9.21. The highest BCUT2D eigenvalue weighted by atomic mass is 16.5. The number of nitrogens with zero attached hydrogens (tertiary/aromatic N) is 2. The van der Waals surface area contributed by atoms with Crippen LogP contribution in [0, 0.1) is 0 Å². The molecule has 0 amide bonds. The summed E-state index contributed by atoms with van der Waals surface area (Å²) in [6, 6.07) is 3.57. The largest absolute Gasteiger partial charge is 0.506 e. The average Bonchev–Trinajstić information content (AvgIpc) is 2.40. The molecule has 0 spiro atoms. The topological polar surface area (TPSA) is 45.6 Å². The van der Waals surface area contributed by atoms with Crippen molar-refractivity contribution in [2.45, 2.75) is 38.8 Å². The van der Waals surface area contributed by atoms with Crippen LogP contribution in [-0.4, -0.2) is 40.8 Å². The van der Waals surface area contributed by atoms with E-state index in [1.165, 1.54) is 19.0 Å². The minimum Gasteiger partial charge on any atom is -0.506 e. The number of likely N-dealkylation sites (tertiary alicyclic amines) is 1. The minimum absolute atomic E-state index is 0.224. The van der Waals surface area contributed by atoms with Gasteiger partial charge in [-0.2, -0.15) is 0 Å². The van der Waals surface area contributed by atoms with Crippen molar-refractivity contribution in [2.24, 2.45) is 0 Å². The molecule has 1 N–H and O–H groups in total. The van der Waals surface area contributed by atoms with Crippen LogP contribution >= 0.6 is 0 Å². The van der Waals surface area contributed by atoms with Crippen LogP contribution in [0.4, 0.5) is 0 Å². The van der Waals surface area contributed by atoms with Gasteiger partial charge in [0.1, 0.15) is 5.75 Å². The molecule has 1 atom stereocenters. The molecule has 0 aromatic carbocycles. The summed E-state index contributed by atoms with van der Waals surface area (Å²) >= 11 is 0. The molecule has 1 unspecified atom stereocenters. The van der Waals surface area contributed by atoms with E-state index in [1.807, 2.05) is 6.07 Å². The van der Waals surface area contributed by atoms with Gasteiger partial charge in [0, 0.05) is 19.7 Å². The molecule has 0 aliphatic carbocycles. The number of pyridine rings is 1. The van der Waals surface area contributed by atoms with Crippen LogP contribution in [0.1, 0.15) is 31.9 Å². The molecule has 18 heavy (non-hydrogen) atoms. The minimum atomic E-state index is 0.224. The molecule has 2 heterocycles. The number of aromatic nitrogens is 1. The van der Waals surface area contributed by atoms with Crippen molar-refractivity contribution in [2.75, 3.05) is 19.7 Å². The van der Waals surface area contributed by atoms with Crippen molar-refractivity contribution in [1.29, 1.82) is 0 Å². The molecule has 1 aliphatic rings. The summed E-state index contributed by atoms with van der Waals surface area (Å²) in [5.41, 5.74) is 1.00. The quantitative estimate of drug-likeness (QED) is 0.870. The Hall–Kier alpha value is -1.13. The van der Waals surface area contributed by atoms with Gasteiger partial charge in [0.25, 0.3) is 0 Å². The van der Waals surface area contributed by atoms with Gasteiger partial charge >= 0.3 is 0 Å². The van der Waals surface area contributed by atoms with Crippen molar-refractivity contribution in [3.63, 3.8) is 0 Å². The first-order chi connectivity index (χ1) is 8.78. The number of hydrogen-bond acceptors (Lipinski definition) is 4. The normalized spacial score (nSPS) is 21.1. The molecule has 1 aliphatic heterocycles. The van der Waals surface area contributed by atoms with Gasteiger partial charge in [-0.25, -0.2) is 0 Å². The van der Waals surface area contributed by atoms with E-state index in [1.54, 1.807) is 6.07 Å². The molecule has 1 saturated heterocycles. The van der Waals surface area contributed by atoms with E-state index < -0.39 is 0 Å². The van der Waals surface area contributed by atoms with Gasteiger partial charge < -0.3 is 9.84 Å². The molecule has 0 radical (unpaired) electrons. The lowest BCUT2D eigenvalue weighted by Crippen LogP contribution is -2.39. The van der Waals surface area contributed by atoms with Gasteiger partial charge in [-0.05, 0) is 37.9 Å². The summed E-state index contributed by atoms with van der Waals surface area (Å²) in [7, 11) is 0. The number of piperidine rings is 1. The zero-order valence-electron chi connectivity index (χ0n) is 11.0. The lowest BCUT2D eigenvalue weighted by atomic mass is 10.1. The standard InChI is InChI=1S/C14H22N2O2/c1-2-8-18-14-4-3-7-16(11-14)10-12-5-6-13(17)9-15-12/h5-6,9,14,17H,2-4,7-8,10-11H2,1H3. The van der Waals surface area contributed by atoms with E-state index in [-0.39, 0.29) is 5.75 Å². The van der Waals surface area contributed by atoms with Crippen LogP contribution in [0.5, 0.6) is 5.75 Å². The van der Waals surface area contributed by atoms with Crippen molar-refractivity contribution >= 4 is 0 Å². The fraction of sp³-hybridized carbons (Fsp3) is 0.643. The number of ether oxygens (including phenoxy) is 1. The van der Waals surface area contributed by atoms with Crippen molar-refractivity contribution in [3.05, 3.63) is 24.0 Å². The molecule has 4 nitrogen and oxygen atoms in total. The molecular weight excluding hydrogens is 228 g/mol. The van der Waals surface area contributed by atoms with Crippen LogP contribution in [-0.2, 0) is 11.3 Å². The van der Waals surface area contributed by atoms with Crippen molar-refractivity contribution in [1.82, 2.24) is 9.88 Å². The first-order valence-electron chi connectivity index (χ1n) is 6.75. The molecule has 1 fully saturated rings. The molecule has 100 valence electrons. The van der Waals surface area contributed by atoms with Crippen LogP contribution in [0.15, 0.2) is 18.3 Å². The monoisotopic (exact) mass is 250 g/mol. The van der Waals surface area contributed by atoms with Crippen LogP contribution < -0.4 is 0 Å². The summed E-state index contributed by atoms with van der Waals surface area (Å²) < 4.78 is 5.82. The van der Waals surface area contributed by atoms with E-state index in [2.05, 4.69) is 16.8 Å². The van der Waals surface area contributed by atoms with Gasteiger partial charge in [-0.3, -0.25) is 9.88 Å². The molecule has 0 saturated carbocycles. The van der Waals surface area contributed by atoms with E-state index in [9.17, 15) is 5.11 Å². The third-order valence-corrected chi connectivity index (χ3v) is 3.21. The van der Waals surface area contributed by atoms with E-state index in [4.69, 9.17) is 4.74 Å². The van der Waals surface area contributed by atoms with Crippen molar-refractivity contribution in [3.8, 4) is 5.75 Å². The predicted molar refractivity (Wildman–Crippen MR) is 70.4 cm³/mol. The number of hydrogen-bond donors (Lipinski definition) is 1. The highest BCUT2D eigenvalue weighted by Crippen LogP contribution is 2.16. The summed E-state index contributed by atoms with van der Waals surface area (Å²) in [6.45, 7) is 5.93. The predicted octanol–water partition coefficient (Wildman–Crippen LogP) is 2.18. The van der Waals surface area contributed by atoms with Gasteiger partial charge in [0.15, 0.2) is 0 Å². The summed E-state index contributed by atoms with van der Waals surface area (Å²) in [6.07, 6.45) is 5.31. The third kappa shape index (κ3) is 3.96. The molecule has 1 aromatic heterocycles. The second-order valence-corrected chi connectivity index (χ2v) is 4.88. The lowest BCUT2D eigenvalue weighted by Gasteiger charge is -2.32. The molecule has 0 bridgehead atoms. The molecular formula is C14H22N2O2. The van der Waals surface area contributed by atoms with E-state index in [0.29, 0.717) is 6.10 Å². The summed E-state index contributed by atoms with van der Waals surface area (Å²) in [4.78, 5) is 6.61. The van der Waals surface area contributed by atoms with E-state index >= 15 is 0 Å². The first kappa shape index (κ1) is 13.3. The zero-order valence-corrected chi connectivity index (χ0v) is 11.0. The van der Waals surface area contributed by atoms with E-state index in [0.717, 1.165) is 38.4 Å². The third-order valence-electron chi connectivity index (χ3n) is 3.21. The molecule has 4 heteroatoms. The number of rotatable bonds is 5. The second-order valence-electron chi connectivity index (χ2n) is 4.88. The Kier molecular flexibility index (Phi) is 4.96. The maximum Gasteiger partial charge on any atom is 0.133 e. The maximum atomic E-state index is 9.21. The van der Waals surface area contributed by atoms with Crippen LogP contribution in [0.25, 0.3) is 0 Å². The Bertz CT molecular complexity index is 353. The zero-order chi connectivity index (χ0) is 12.8. The van der Waals surface area contributed by atoms with Gasteiger partial charge in [-0.15, -0.1) is 0 Å². The van der Waals surface area contributed by atoms with Crippen LogP contribution in [0.2, 0.25) is 0 Å². The lowest BCUT2D eigenvalue weighted by molar-refractivity contribution is -0.00252. The SMILES string of the molecule is CCCOC1CCCN(Cc2ccc(O)cn2)C1. The summed E-state index contributed by atoms with van der Waals surface area (Å²) in [5.74, 6) is 0.224. The molecule has 2 rings (SSSR count). The Morgan fingerprint density at radius 3 is 3.11 bits per heavy atom. The average molecular weight is 250 g/mol. The Morgan fingerprint density at radius 2 is 2.39 bits per heavy atom. The van der Waals surface area contributed by atoms with Gasteiger partial charge in [0.2, 0.25) is 0 Å². The highest BCUT2D eigenvalue weighted by molar-refractivity contribution is 5.17. The van der Waals surface area contributed by atoms with Gasteiger partial charge in [-0.1, -0.05) is 6.92 Å². The maximum absolute atomic E-state index is 9.21. The second kappa shape index (κ2) is 6.71. The van der Waals surface area contributed by atoms with Crippen molar-refractivity contribution < 1.29 is 9.84 Å². The van der Waals surface area contributed by atoms with Crippen LogP contribution in [0.3, 0.4) is 0 Å². The number of aromatic hydroxyl groups is 1.